The number of aromatic nitrogens is 2. The number of hydrogen-bond acceptors (Lipinski definition) is 6. The largest absolute Gasteiger partial charge is 0.341 e. The molecule has 0 unspecified atom stereocenters. The van der Waals surface area contributed by atoms with Crippen molar-refractivity contribution in [2.75, 3.05) is 23.3 Å². The van der Waals surface area contributed by atoms with Crippen molar-refractivity contribution in [3.8, 4) is 0 Å². The smallest absolute Gasteiger partial charge is 0.276 e. The van der Waals surface area contributed by atoms with E-state index in [0.29, 0.717) is 11.6 Å². The van der Waals surface area contributed by atoms with Crippen LogP contribution in [0.3, 0.4) is 0 Å². The van der Waals surface area contributed by atoms with Gasteiger partial charge in [-0.2, -0.15) is 0 Å². The topological polar surface area (TPSA) is 104 Å². The highest BCUT2D eigenvalue weighted by molar-refractivity contribution is 7.89. The molecule has 0 bridgehead atoms. The monoisotopic (exact) mass is 421 g/mol. The predicted octanol–water partition coefficient (Wildman–Crippen LogP) is 2.42. The lowest BCUT2D eigenvalue weighted by Gasteiger charge is -2.16. The molecule has 8 nitrogen and oxygen atoms in total. The summed E-state index contributed by atoms with van der Waals surface area (Å²) in [7, 11) is -3.61. The van der Waals surface area contributed by atoms with Crippen LogP contribution in [0.5, 0.6) is 0 Å². The minimum absolute atomic E-state index is 0.00656. The average Bonchev–Trinajstić information content (AvgIpc) is 3.30. The zero-order chi connectivity index (χ0) is 19.7. The van der Waals surface area contributed by atoms with E-state index < -0.39 is 15.9 Å². The van der Waals surface area contributed by atoms with Gasteiger partial charge in [-0.1, -0.05) is 17.7 Å². The number of carbonyl (C=O) groups is 1. The molecule has 4 rings (SSSR count). The summed E-state index contributed by atoms with van der Waals surface area (Å²) in [6, 6.07) is 6.11. The van der Waals surface area contributed by atoms with Gasteiger partial charge in [0.25, 0.3) is 5.91 Å². The summed E-state index contributed by atoms with van der Waals surface area (Å²) in [6.45, 7) is 1.69. The first-order valence-electron chi connectivity index (χ1n) is 9.13. The van der Waals surface area contributed by atoms with E-state index in [1.807, 2.05) is 4.90 Å². The molecule has 1 aromatic carbocycles. The number of anilines is 2. The molecule has 28 heavy (non-hydrogen) atoms. The van der Waals surface area contributed by atoms with Crippen molar-refractivity contribution in [3.63, 3.8) is 0 Å². The Hall–Kier alpha value is -2.23. The lowest BCUT2D eigenvalue weighted by atomic mass is 10.3. The third-order valence-electron chi connectivity index (χ3n) is 4.64. The van der Waals surface area contributed by atoms with Crippen molar-refractivity contribution in [1.29, 1.82) is 0 Å². The second-order valence-corrected chi connectivity index (χ2v) is 9.06. The Morgan fingerprint density at radius 1 is 1.21 bits per heavy atom. The van der Waals surface area contributed by atoms with Crippen molar-refractivity contribution >= 4 is 39.2 Å². The second-order valence-electron chi connectivity index (χ2n) is 6.94. The minimum atomic E-state index is -3.61. The average molecular weight is 422 g/mol. The van der Waals surface area contributed by atoms with Gasteiger partial charge in [0.1, 0.15) is 0 Å². The maximum absolute atomic E-state index is 12.7. The molecular formula is C18H20ClN5O3S. The third-order valence-corrected chi connectivity index (χ3v) is 6.43. The molecule has 2 N–H and O–H groups in total. The van der Waals surface area contributed by atoms with Gasteiger partial charge in [0.05, 0.1) is 16.1 Å². The number of carbonyl (C=O) groups excluding carboxylic acids is 1. The zero-order valence-electron chi connectivity index (χ0n) is 15.1. The molecule has 2 aliphatic rings. The standard InChI is InChI=1S/C18H20ClN5O3S/c19-15-11-20-18(24-8-1-2-9-24)22-16(15)17(25)21-13-4-3-5-14(10-13)28(26,27)23-12-6-7-12/h3-5,10-12,23H,1-2,6-9H2,(H,21,25). The van der Waals surface area contributed by atoms with Crippen molar-refractivity contribution in [2.45, 2.75) is 36.6 Å². The van der Waals surface area contributed by atoms with Gasteiger partial charge in [0, 0.05) is 24.8 Å². The Labute approximate surface area is 168 Å². The number of hydrogen-bond donors (Lipinski definition) is 2. The fraction of sp³-hybridized carbons (Fsp3) is 0.389. The van der Waals surface area contributed by atoms with Gasteiger partial charge in [-0.3, -0.25) is 4.79 Å². The normalized spacial score (nSPS) is 17.0. The second kappa shape index (κ2) is 7.65. The van der Waals surface area contributed by atoms with E-state index in [1.54, 1.807) is 12.1 Å². The van der Waals surface area contributed by atoms with Gasteiger partial charge < -0.3 is 10.2 Å². The van der Waals surface area contributed by atoms with E-state index in [0.717, 1.165) is 38.8 Å². The number of nitrogens with zero attached hydrogens (tertiary/aromatic N) is 3. The van der Waals surface area contributed by atoms with Crippen molar-refractivity contribution in [2.24, 2.45) is 0 Å². The van der Waals surface area contributed by atoms with E-state index in [-0.39, 0.29) is 21.7 Å². The number of halogens is 1. The lowest BCUT2D eigenvalue weighted by Crippen LogP contribution is -2.26. The molecule has 0 spiro atoms. The minimum Gasteiger partial charge on any atom is -0.341 e. The van der Waals surface area contributed by atoms with Gasteiger partial charge in [-0.25, -0.2) is 23.1 Å². The van der Waals surface area contributed by atoms with Gasteiger partial charge >= 0.3 is 0 Å². The predicted molar refractivity (Wildman–Crippen MR) is 106 cm³/mol. The molecule has 1 aliphatic heterocycles. The third kappa shape index (κ3) is 4.26. The first-order valence-corrected chi connectivity index (χ1v) is 11.0. The molecular weight excluding hydrogens is 402 g/mol. The van der Waals surface area contributed by atoms with Crippen LogP contribution in [0.2, 0.25) is 5.02 Å². The fourth-order valence-corrected chi connectivity index (χ4v) is 4.53. The molecule has 1 amide bonds. The van der Waals surface area contributed by atoms with E-state index in [1.165, 1.54) is 18.3 Å². The first kappa shape index (κ1) is 19.1. The van der Waals surface area contributed by atoms with E-state index >= 15 is 0 Å². The lowest BCUT2D eigenvalue weighted by molar-refractivity contribution is 0.102. The van der Waals surface area contributed by atoms with Gasteiger partial charge in [-0.05, 0) is 43.9 Å². The molecule has 1 saturated carbocycles. The molecule has 0 radical (unpaired) electrons. The highest BCUT2D eigenvalue weighted by Crippen LogP contribution is 2.24. The maximum atomic E-state index is 12.7. The maximum Gasteiger partial charge on any atom is 0.276 e. The summed E-state index contributed by atoms with van der Waals surface area (Å²) in [5.74, 6) is -0.0467. The number of nitrogens with one attached hydrogen (secondary N) is 2. The van der Waals surface area contributed by atoms with Crippen LogP contribution < -0.4 is 14.9 Å². The Morgan fingerprint density at radius 3 is 2.68 bits per heavy atom. The number of rotatable bonds is 6. The van der Waals surface area contributed by atoms with E-state index in [2.05, 4.69) is 20.0 Å². The highest BCUT2D eigenvalue weighted by atomic mass is 35.5. The summed E-state index contributed by atoms with van der Waals surface area (Å²) in [6.07, 6.45) is 5.23. The van der Waals surface area contributed by atoms with Gasteiger partial charge in [0.15, 0.2) is 5.69 Å². The fourth-order valence-electron chi connectivity index (χ4n) is 3.01. The Balaban J connectivity index is 1.53. The van der Waals surface area contributed by atoms with Crippen LogP contribution in [0.1, 0.15) is 36.2 Å². The molecule has 1 aliphatic carbocycles. The van der Waals surface area contributed by atoms with Crippen molar-refractivity contribution in [1.82, 2.24) is 14.7 Å². The SMILES string of the molecule is O=C(Nc1cccc(S(=O)(=O)NC2CC2)c1)c1nc(N2CCCC2)ncc1Cl. The van der Waals surface area contributed by atoms with Crippen LogP contribution in [-0.4, -0.2) is 43.4 Å². The van der Waals surface area contributed by atoms with Crippen LogP contribution in [0.15, 0.2) is 35.4 Å². The summed E-state index contributed by atoms with van der Waals surface area (Å²) in [4.78, 5) is 23.3. The van der Waals surface area contributed by atoms with Crippen LogP contribution >= 0.6 is 11.6 Å². The molecule has 1 saturated heterocycles. The summed E-state index contributed by atoms with van der Waals surface area (Å²) >= 11 is 6.12. The molecule has 0 atom stereocenters. The number of sulfonamides is 1. The van der Waals surface area contributed by atoms with Crippen LogP contribution in [-0.2, 0) is 10.0 Å². The van der Waals surface area contributed by atoms with E-state index in [4.69, 9.17) is 11.6 Å². The Bertz CT molecular complexity index is 1000. The summed E-state index contributed by atoms with van der Waals surface area (Å²) < 4.78 is 27.3. The molecule has 2 aromatic rings. The van der Waals surface area contributed by atoms with Gasteiger partial charge in [-0.15, -0.1) is 0 Å². The quantitative estimate of drug-likeness (QED) is 0.742. The van der Waals surface area contributed by atoms with Crippen LogP contribution in [0.25, 0.3) is 0 Å². The highest BCUT2D eigenvalue weighted by Gasteiger charge is 2.28. The molecule has 2 fully saturated rings. The molecule has 10 heteroatoms. The first-order chi connectivity index (χ1) is 13.4. The van der Waals surface area contributed by atoms with E-state index in [9.17, 15) is 13.2 Å². The summed E-state index contributed by atoms with van der Waals surface area (Å²) in [5, 5.41) is 2.81. The van der Waals surface area contributed by atoms with Crippen LogP contribution in [0, 0.1) is 0 Å². The Morgan fingerprint density at radius 2 is 1.96 bits per heavy atom. The summed E-state index contributed by atoms with van der Waals surface area (Å²) in [5.41, 5.74) is 0.406. The van der Waals surface area contributed by atoms with Crippen molar-refractivity contribution in [3.05, 3.63) is 41.2 Å². The number of amides is 1. The molecule has 1 aromatic heterocycles. The van der Waals surface area contributed by atoms with Crippen molar-refractivity contribution < 1.29 is 13.2 Å². The van der Waals surface area contributed by atoms with Crippen LogP contribution in [0.4, 0.5) is 11.6 Å². The molecule has 148 valence electrons. The Kier molecular flexibility index (Phi) is 5.22. The molecule has 2 heterocycles. The van der Waals surface area contributed by atoms with Gasteiger partial charge in [0.2, 0.25) is 16.0 Å². The number of benzene rings is 1. The zero-order valence-corrected chi connectivity index (χ0v) is 16.6.